The first kappa shape index (κ1) is 41.0. The first-order valence-electron chi connectivity index (χ1n) is 19.2. The summed E-state index contributed by atoms with van der Waals surface area (Å²) < 4.78 is 5.79. The summed E-state index contributed by atoms with van der Waals surface area (Å²) in [6.07, 6.45) is 28.1. The van der Waals surface area contributed by atoms with Crippen molar-refractivity contribution >= 4 is 11.8 Å². The molecule has 0 aromatic carbocycles. The van der Waals surface area contributed by atoms with E-state index in [1.165, 1.54) is 122 Å². The number of likely N-dealkylation sites (tertiary alicyclic amines) is 1. The molecule has 0 aliphatic carbocycles. The van der Waals surface area contributed by atoms with Gasteiger partial charge in [-0.25, -0.2) is 0 Å². The van der Waals surface area contributed by atoms with Crippen LogP contribution in [0.25, 0.3) is 0 Å². The Morgan fingerprint density at radius 1 is 0.727 bits per heavy atom. The van der Waals surface area contributed by atoms with Gasteiger partial charge in [-0.2, -0.15) is 0 Å². The molecule has 0 amide bonds. The molecule has 0 bridgehead atoms. The molecule has 0 radical (unpaired) electrons. The fourth-order valence-electron chi connectivity index (χ4n) is 6.78. The van der Waals surface area contributed by atoms with E-state index in [4.69, 9.17) is 4.74 Å². The number of hydrogen-bond acceptors (Lipinski definition) is 6. The van der Waals surface area contributed by atoms with Gasteiger partial charge >= 0.3 is 5.97 Å². The SMILES string of the molecule is CCCCCCCCC(CCCCCC)COC(=O)CCCCCN(CCO)C1CCN(CCCCCCCC(C)=O)CC1. The Morgan fingerprint density at radius 2 is 1.27 bits per heavy atom. The third kappa shape index (κ3) is 23.4. The van der Waals surface area contributed by atoms with Gasteiger partial charge < -0.3 is 19.5 Å². The highest BCUT2D eigenvalue weighted by atomic mass is 16.5. The minimum Gasteiger partial charge on any atom is -0.465 e. The maximum Gasteiger partial charge on any atom is 0.305 e. The molecule has 6 nitrogen and oxygen atoms in total. The van der Waals surface area contributed by atoms with E-state index in [1.54, 1.807) is 6.92 Å². The van der Waals surface area contributed by atoms with Crippen LogP contribution in [0.15, 0.2) is 0 Å². The molecule has 1 unspecified atom stereocenters. The van der Waals surface area contributed by atoms with Crippen molar-refractivity contribution in [3.8, 4) is 0 Å². The number of Topliss-reactive ketones (excluding diaryl/α,β-unsaturated/α-hetero) is 1. The topological polar surface area (TPSA) is 70.1 Å². The molecule has 0 saturated carbocycles. The van der Waals surface area contributed by atoms with Gasteiger partial charge in [0.15, 0.2) is 0 Å². The molecule has 1 heterocycles. The Kier molecular flexibility index (Phi) is 27.4. The summed E-state index contributed by atoms with van der Waals surface area (Å²) >= 11 is 0. The molecular weight excluding hydrogens is 548 g/mol. The Morgan fingerprint density at radius 3 is 1.91 bits per heavy atom. The molecule has 1 aliphatic rings. The van der Waals surface area contributed by atoms with Crippen LogP contribution in [0.4, 0.5) is 0 Å². The van der Waals surface area contributed by atoms with E-state index in [0.717, 1.165) is 58.3 Å². The van der Waals surface area contributed by atoms with Gasteiger partial charge in [0.05, 0.1) is 13.2 Å². The highest BCUT2D eigenvalue weighted by Crippen LogP contribution is 2.21. The molecule has 1 fully saturated rings. The molecule has 1 atom stereocenters. The third-order valence-electron chi connectivity index (χ3n) is 9.70. The van der Waals surface area contributed by atoms with Crippen LogP contribution in [0.5, 0.6) is 0 Å². The molecule has 260 valence electrons. The van der Waals surface area contributed by atoms with Gasteiger partial charge in [-0.1, -0.05) is 104 Å². The van der Waals surface area contributed by atoms with E-state index < -0.39 is 0 Å². The summed E-state index contributed by atoms with van der Waals surface area (Å²) in [6, 6.07) is 0.566. The van der Waals surface area contributed by atoms with E-state index >= 15 is 0 Å². The van der Waals surface area contributed by atoms with Crippen molar-refractivity contribution in [3.05, 3.63) is 0 Å². The predicted molar refractivity (Wildman–Crippen MR) is 186 cm³/mol. The summed E-state index contributed by atoms with van der Waals surface area (Å²) in [5.41, 5.74) is 0. The summed E-state index contributed by atoms with van der Waals surface area (Å²) in [5, 5.41) is 9.68. The number of esters is 1. The first-order chi connectivity index (χ1) is 21.5. The molecule has 1 rings (SSSR count). The monoisotopic (exact) mass is 623 g/mol. The molecule has 0 aromatic heterocycles. The number of ketones is 1. The smallest absolute Gasteiger partial charge is 0.305 e. The molecule has 1 saturated heterocycles. The molecule has 1 aliphatic heterocycles. The molecule has 0 spiro atoms. The van der Waals surface area contributed by atoms with Crippen LogP contribution >= 0.6 is 0 Å². The minimum atomic E-state index is -0.0119. The number of hydrogen-bond donors (Lipinski definition) is 1. The van der Waals surface area contributed by atoms with Gasteiger partial charge in [0.1, 0.15) is 5.78 Å². The fourth-order valence-corrected chi connectivity index (χ4v) is 6.78. The Hall–Kier alpha value is -0.980. The van der Waals surface area contributed by atoms with E-state index in [2.05, 4.69) is 23.6 Å². The number of carbonyl (C=O) groups excluding carboxylic acids is 2. The lowest BCUT2D eigenvalue weighted by Crippen LogP contribution is -2.46. The van der Waals surface area contributed by atoms with Crippen LogP contribution < -0.4 is 0 Å². The van der Waals surface area contributed by atoms with Crippen LogP contribution in [0.2, 0.25) is 0 Å². The van der Waals surface area contributed by atoms with E-state index in [0.29, 0.717) is 30.8 Å². The lowest BCUT2D eigenvalue weighted by molar-refractivity contribution is -0.145. The third-order valence-corrected chi connectivity index (χ3v) is 9.70. The van der Waals surface area contributed by atoms with Gasteiger partial charge in [0, 0.05) is 25.4 Å². The second-order valence-corrected chi connectivity index (χ2v) is 13.8. The zero-order chi connectivity index (χ0) is 32.1. The van der Waals surface area contributed by atoms with Crippen molar-refractivity contribution in [2.75, 3.05) is 45.9 Å². The average Bonchev–Trinajstić information content (AvgIpc) is 3.02. The van der Waals surface area contributed by atoms with Gasteiger partial charge in [-0.15, -0.1) is 0 Å². The van der Waals surface area contributed by atoms with E-state index in [1.807, 2.05) is 0 Å². The maximum atomic E-state index is 12.5. The van der Waals surface area contributed by atoms with Gasteiger partial charge in [-0.05, 0) is 90.4 Å². The zero-order valence-corrected chi connectivity index (χ0v) is 29.6. The number of aliphatic hydroxyl groups excluding tert-OH is 1. The summed E-state index contributed by atoms with van der Waals surface area (Å²) in [6.45, 7) is 12.3. The first-order valence-corrected chi connectivity index (χ1v) is 19.2. The lowest BCUT2D eigenvalue weighted by atomic mass is 9.95. The Balaban J connectivity index is 2.21. The van der Waals surface area contributed by atoms with E-state index in [9.17, 15) is 14.7 Å². The second kappa shape index (κ2) is 29.4. The summed E-state index contributed by atoms with van der Waals surface area (Å²) in [4.78, 5) is 28.7. The molecule has 1 N–H and O–H groups in total. The van der Waals surface area contributed by atoms with Crippen molar-refractivity contribution in [1.29, 1.82) is 0 Å². The Bertz CT molecular complexity index is 665. The number of nitrogens with zero attached hydrogens (tertiary/aromatic N) is 2. The number of aliphatic hydroxyl groups is 1. The molecule has 44 heavy (non-hydrogen) atoms. The average molecular weight is 623 g/mol. The van der Waals surface area contributed by atoms with Crippen LogP contribution in [0.1, 0.15) is 175 Å². The number of carbonyl (C=O) groups is 2. The highest BCUT2D eigenvalue weighted by molar-refractivity contribution is 5.75. The van der Waals surface area contributed by atoms with Crippen molar-refractivity contribution < 1.29 is 19.4 Å². The second-order valence-electron chi connectivity index (χ2n) is 13.8. The summed E-state index contributed by atoms with van der Waals surface area (Å²) in [7, 11) is 0. The standard InChI is InChI=1S/C38H74N2O4/c1-4-6-8-10-13-18-24-36(23-17-9-7-5-2)34-44-38(43)25-19-15-21-29-40(32-33-41)37-26-30-39(31-27-37)28-20-14-11-12-16-22-35(3)42/h36-37,41H,4-34H2,1-3H3. The van der Waals surface area contributed by atoms with Crippen LogP contribution in [-0.2, 0) is 14.3 Å². The Labute approximate surface area is 273 Å². The van der Waals surface area contributed by atoms with Crippen molar-refractivity contribution in [2.45, 2.75) is 181 Å². The zero-order valence-electron chi connectivity index (χ0n) is 29.6. The van der Waals surface area contributed by atoms with Crippen LogP contribution in [0, 0.1) is 5.92 Å². The minimum absolute atomic E-state index is 0.0119. The van der Waals surface area contributed by atoms with Crippen molar-refractivity contribution in [1.82, 2.24) is 9.80 Å². The van der Waals surface area contributed by atoms with E-state index in [-0.39, 0.29) is 12.6 Å². The number of rotatable bonds is 31. The fraction of sp³-hybridized carbons (Fsp3) is 0.947. The quantitative estimate of drug-likeness (QED) is 0.0614. The largest absolute Gasteiger partial charge is 0.465 e. The molecule has 0 aromatic rings. The predicted octanol–water partition coefficient (Wildman–Crippen LogP) is 9.12. The van der Waals surface area contributed by atoms with Crippen LogP contribution in [0.3, 0.4) is 0 Å². The highest BCUT2D eigenvalue weighted by Gasteiger charge is 2.24. The van der Waals surface area contributed by atoms with Crippen molar-refractivity contribution in [2.24, 2.45) is 5.92 Å². The van der Waals surface area contributed by atoms with Crippen molar-refractivity contribution in [3.63, 3.8) is 0 Å². The molecule has 6 heteroatoms. The summed E-state index contributed by atoms with van der Waals surface area (Å²) in [5.74, 6) is 0.833. The maximum absolute atomic E-state index is 12.5. The van der Waals surface area contributed by atoms with Gasteiger partial charge in [0.2, 0.25) is 0 Å². The number of ether oxygens (including phenoxy) is 1. The van der Waals surface area contributed by atoms with Crippen LogP contribution in [-0.4, -0.2) is 78.6 Å². The number of piperidine rings is 1. The normalized spacial score (nSPS) is 15.2. The lowest BCUT2D eigenvalue weighted by Gasteiger charge is -2.38. The number of unbranched alkanes of at least 4 members (excludes halogenated alkanes) is 14. The molecular formula is C38H74N2O4. The van der Waals surface area contributed by atoms with Gasteiger partial charge in [0.25, 0.3) is 0 Å². The van der Waals surface area contributed by atoms with Gasteiger partial charge in [-0.3, -0.25) is 9.69 Å².